The van der Waals surface area contributed by atoms with E-state index in [1.807, 2.05) is 43.3 Å². The largest absolute Gasteiger partial charge is 0.494 e. The summed E-state index contributed by atoms with van der Waals surface area (Å²) in [5, 5.41) is 15.0. The molecule has 4 aromatic carbocycles. The fourth-order valence-electron chi connectivity index (χ4n) is 4.20. The molecule has 0 radical (unpaired) electrons. The Morgan fingerprint density at radius 3 is 2.65 bits per heavy atom. The third-order valence-corrected chi connectivity index (χ3v) is 5.96. The van der Waals surface area contributed by atoms with Gasteiger partial charge in [-0.2, -0.15) is 0 Å². The summed E-state index contributed by atoms with van der Waals surface area (Å²) in [6.07, 6.45) is 0.792. The van der Waals surface area contributed by atoms with Crippen molar-refractivity contribution in [3.05, 3.63) is 101 Å². The van der Waals surface area contributed by atoms with Crippen LogP contribution in [0.5, 0.6) is 5.75 Å². The van der Waals surface area contributed by atoms with Crippen LogP contribution in [-0.4, -0.2) is 24.2 Å². The Morgan fingerprint density at radius 2 is 1.85 bits per heavy atom. The molecule has 0 spiro atoms. The van der Waals surface area contributed by atoms with Gasteiger partial charge in [-0.25, -0.2) is 9.18 Å². The van der Waals surface area contributed by atoms with Gasteiger partial charge in [0, 0.05) is 6.04 Å². The molecule has 2 N–H and O–H groups in total. The van der Waals surface area contributed by atoms with Crippen LogP contribution in [0.3, 0.4) is 0 Å². The van der Waals surface area contributed by atoms with Crippen molar-refractivity contribution in [2.75, 3.05) is 13.2 Å². The van der Waals surface area contributed by atoms with Gasteiger partial charge in [0.05, 0.1) is 12.2 Å². The van der Waals surface area contributed by atoms with Gasteiger partial charge < -0.3 is 15.2 Å². The van der Waals surface area contributed by atoms with Crippen molar-refractivity contribution in [3.8, 4) is 16.9 Å². The number of ether oxygens (including phenoxy) is 1. The van der Waals surface area contributed by atoms with Gasteiger partial charge in [0.25, 0.3) is 0 Å². The van der Waals surface area contributed by atoms with Gasteiger partial charge in [-0.1, -0.05) is 54.6 Å². The van der Waals surface area contributed by atoms with Crippen LogP contribution < -0.4 is 10.1 Å². The average molecular weight is 458 g/mol. The highest BCUT2D eigenvalue weighted by Gasteiger charge is 2.14. The van der Waals surface area contributed by atoms with Crippen molar-refractivity contribution >= 4 is 16.7 Å². The van der Waals surface area contributed by atoms with Crippen LogP contribution in [0.25, 0.3) is 21.9 Å². The second-order valence-electron chi connectivity index (χ2n) is 8.30. The molecule has 0 aromatic heterocycles. The molecule has 174 valence electrons. The summed E-state index contributed by atoms with van der Waals surface area (Å²) in [6.45, 7) is 5.50. The maximum absolute atomic E-state index is 14.0. The summed E-state index contributed by atoms with van der Waals surface area (Å²) in [4.78, 5) is 11.5. The average Bonchev–Trinajstić information content (AvgIpc) is 2.84. The number of aromatic carboxylic acids is 1. The quantitative estimate of drug-likeness (QED) is 0.296. The molecule has 5 heteroatoms. The molecular formula is C29H28FNO3. The van der Waals surface area contributed by atoms with E-state index in [1.54, 1.807) is 6.07 Å². The molecule has 4 rings (SSSR count). The minimum absolute atomic E-state index is 0.163. The number of carbonyl (C=O) groups is 1. The van der Waals surface area contributed by atoms with Gasteiger partial charge >= 0.3 is 5.97 Å². The van der Waals surface area contributed by atoms with Crippen LogP contribution in [-0.2, 0) is 6.42 Å². The minimum Gasteiger partial charge on any atom is -0.494 e. The van der Waals surface area contributed by atoms with Gasteiger partial charge in [-0.3, -0.25) is 0 Å². The number of fused-ring (bicyclic) bond motifs is 1. The van der Waals surface area contributed by atoms with Gasteiger partial charge in [-0.15, -0.1) is 0 Å². The van der Waals surface area contributed by atoms with Crippen LogP contribution in [0.4, 0.5) is 4.39 Å². The molecule has 0 heterocycles. The second-order valence-corrected chi connectivity index (χ2v) is 8.30. The van der Waals surface area contributed by atoms with Crippen LogP contribution in [0.1, 0.15) is 41.4 Å². The highest BCUT2D eigenvalue weighted by molar-refractivity contribution is 5.99. The van der Waals surface area contributed by atoms with E-state index >= 15 is 0 Å². The van der Waals surface area contributed by atoms with E-state index in [1.165, 1.54) is 12.1 Å². The maximum Gasteiger partial charge on any atom is 0.338 e. The van der Waals surface area contributed by atoms with Crippen molar-refractivity contribution in [2.45, 2.75) is 26.3 Å². The molecule has 0 fully saturated rings. The Kier molecular flexibility index (Phi) is 7.24. The summed E-state index contributed by atoms with van der Waals surface area (Å²) in [5.41, 5.74) is 3.55. The standard InChI is InChI=1S/C29H28FNO3/c1-3-34-24-9-6-8-21(17-24)19(2)31-14-13-20-15-22-7-4-5-10-25(22)26(16-20)23-11-12-28(30)27(18-23)29(32)33/h4-12,15-19,31H,3,13-14H2,1-2H3,(H,32,33)/t19-/m1/s1. The lowest BCUT2D eigenvalue weighted by Gasteiger charge is -2.16. The topological polar surface area (TPSA) is 58.6 Å². The number of hydrogen-bond donors (Lipinski definition) is 2. The zero-order valence-corrected chi connectivity index (χ0v) is 19.3. The van der Waals surface area contributed by atoms with Crippen molar-refractivity contribution < 1.29 is 19.0 Å². The molecule has 0 unspecified atom stereocenters. The number of halogens is 1. The third-order valence-electron chi connectivity index (χ3n) is 5.96. The number of nitrogens with one attached hydrogen (secondary N) is 1. The monoisotopic (exact) mass is 457 g/mol. The zero-order chi connectivity index (χ0) is 24.1. The first-order chi connectivity index (χ1) is 16.5. The molecule has 0 aliphatic carbocycles. The Labute approximate surface area is 199 Å². The highest BCUT2D eigenvalue weighted by atomic mass is 19.1. The molecule has 0 aliphatic heterocycles. The first-order valence-electron chi connectivity index (χ1n) is 11.5. The number of hydrogen-bond acceptors (Lipinski definition) is 3. The van der Waals surface area contributed by atoms with Gasteiger partial charge in [0.15, 0.2) is 0 Å². The molecule has 0 bridgehead atoms. The molecule has 0 saturated heterocycles. The van der Waals surface area contributed by atoms with E-state index in [9.17, 15) is 14.3 Å². The van der Waals surface area contributed by atoms with Crippen molar-refractivity contribution in [1.82, 2.24) is 5.32 Å². The highest BCUT2D eigenvalue weighted by Crippen LogP contribution is 2.32. The van der Waals surface area contributed by atoms with Crippen LogP contribution in [0, 0.1) is 5.82 Å². The lowest BCUT2D eigenvalue weighted by Crippen LogP contribution is -2.21. The predicted octanol–water partition coefficient (Wildman–Crippen LogP) is 6.64. The SMILES string of the molecule is CCOc1cccc([C@@H](C)NCCc2cc(-c3ccc(F)c(C(=O)O)c3)c3ccccc3c2)c1. The summed E-state index contributed by atoms with van der Waals surface area (Å²) < 4.78 is 19.6. The number of carboxylic acid groups (broad SMARTS) is 1. The summed E-state index contributed by atoms with van der Waals surface area (Å²) in [7, 11) is 0. The Bertz CT molecular complexity index is 1320. The maximum atomic E-state index is 14.0. The zero-order valence-electron chi connectivity index (χ0n) is 19.3. The van der Waals surface area contributed by atoms with E-state index in [0.29, 0.717) is 12.2 Å². The smallest absolute Gasteiger partial charge is 0.338 e. The van der Waals surface area contributed by atoms with E-state index in [2.05, 4.69) is 36.5 Å². The van der Waals surface area contributed by atoms with Crippen LogP contribution in [0.15, 0.2) is 78.9 Å². The lowest BCUT2D eigenvalue weighted by atomic mass is 9.93. The van der Waals surface area contributed by atoms with Gasteiger partial charge in [0.2, 0.25) is 0 Å². The molecule has 34 heavy (non-hydrogen) atoms. The van der Waals surface area contributed by atoms with Crippen molar-refractivity contribution in [1.29, 1.82) is 0 Å². The van der Waals surface area contributed by atoms with Crippen molar-refractivity contribution in [2.24, 2.45) is 0 Å². The Hall–Kier alpha value is -3.70. The summed E-state index contributed by atoms with van der Waals surface area (Å²) in [6, 6.07) is 24.7. The molecule has 4 aromatic rings. The van der Waals surface area contributed by atoms with E-state index in [4.69, 9.17) is 4.74 Å². The molecule has 0 aliphatic rings. The third kappa shape index (κ3) is 5.26. The molecule has 1 atom stereocenters. The van der Waals surface area contributed by atoms with Gasteiger partial charge in [0.1, 0.15) is 11.6 Å². The Balaban J connectivity index is 1.57. The fourth-order valence-corrected chi connectivity index (χ4v) is 4.20. The summed E-state index contributed by atoms with van der Waals surface area (Å²) >= 11 is 0. The molecule has 0 saturated carbocycles. The normalized spacial score (nSPS) is 12.0. The predicted molar refractivity (Wildman–Crippen MR) is 134 cm³/mol. The first kappa shape index (κ1) is 23.5. The number of benzene rings is 4. The molecule has 0 amide bonds. The number of rotatable bonds is 9. The van der Waals surface area contributed by atoms with Crippen molar-refractivity contribution in [3.63, 3.8) is 0 Å². The Morgan fingerprint density at radius 1 is 1.03 bits per heavy atom. The van der Waals surface area contributed by atoms with E-state index in [0.717, 1.165) is 46.2 Å². The second kappa shape index (κ2) is 10.5. The van der Waals surface area contributed by atoms with E-state index < -0.39 is 11.8 Å². The lowest BCUT2D eigenvalue weighted by molar-refractivity contribution is 0.0692. The minimum atomic E-state index is -1.27. The van der Waals surface area contributed by atoms with Crippen LogP contribution >= 0.6 is 0 Å². The number of carboxylic acids is 1. The fraction of sp³-hybridized carbons (Fsp3) is 0.207. The van der Waals surface area contributed by atoms with E-state index in [-0.39, 0.29) is 11.6 Å². The molecule has 4 nitrogen and oxygen atoms in total. The van der Waals surface area contributed by atoms with Crippen LogP contribution in [0.2, 0.25) is 0 Å². The molecular weight excluding hydrogens is 429 g/mol. The summed E-state index contributed by atoms with van der Waals surface area (Å²) in [5.74, 6) is -1.14. The first-order valence-corrected chi connectivity index (χ1v) is 11.5. The van der Waals surface area contributed by atoms with Gasteiger partial charge in [-0.05, 0) is 84.1 Å².